The van der Waals surface area contributed by atoms with E-state index in [0.717, 1.165) is 28.3 Å². The van der Waals surface area contributed by atoms with Crippen LogP contribution in [0.4, 0.5) is 5.69 Å². The first-order valence-electron chi connectivity index (χ1n) is 7.56. The minimum absolute atomic E-state index is 0.201. The van der Waals surface area contributed by atoms with E-state index < -0.39 is 0 Å². The molecule has 0 saturated carbocycles. The maximum Gasteiger partial charge on any atom is 0.274 e. The molecule has 0 fully saturated rings. The van der Waals surface area contributed by atoms with Crippen LogP contribution in [0, 0.1) is 6.92 Å². The highest BCUT2D eigenvalue weighted by atomic mass is 16.1. The molecule has 3 aromatic heterocycles. The molecule has 0 spiro atoms. The van der Waals surface area contributed by atoms with Gasteiger partial charge in [-0.05, 0) is 30.7 Å². The van der Waals surface area contributed by atoms with Crippen molar-refractivity contribution < 1.29 is 4.79 Å². The predicted octanol–water partition coefficient (Wildman–Crippen LogP) is 3.29. The molecule has 24 heavy (non-hydrogen) atoms. The quantitative estimate of drug-likeness (QED) is 0.609. The highest BCUT2D eigenvalue weighted by Gasteiger charge is 2.13. The number of benzene rings is 1. The zero-order valence-electron chi connectivity index (χ0n) is 13.0. The fraction of sp³-hybridized carbons (Fsp3) is 0.0556. The molecule has 4 rings (SSSR count). The van der Waals surface area contributed by atoms with Crippen LogP contribution in [0.1, 0.15) is 16.1 Å². The molecule has 1 amide bonds. The number of carbonyl (C=O) groups excluding carboxylic acids is 1. The Balaban J connectivity index is 1.67. The molecule has 0 bridgehead atoms. The number of rotatable bonds is 3. The summed E-state index contributed by atoms with van der Waals surface area (Å²) in [5.41, 5.74) is 3.88. The van der Waals surface area contributed by atoms with Gasteiger partial charge >= 0.3 is 0 Å². The number of amides is 1. The van der Waals surface area contributed by atoms with Gasteiger partial charge in [-0.15, -0.1) is 0 Å². The second-order valence-electron chi connectivity index (χ2n) is 5.49. The number of hydrogen-bond donors (Lipinski definition) is 2. The summed E-state index contributed by atoms with van der Waals surface area (Å²) in [6, 6.07) is 11.5. The molecule has 0 aliphatic rings. The molecular weight excluding hydrogens is 302 g/mol. The molecule has 2 N–H and O–H groups in total. The molecule has 0 aliphatic carbocycles. The monoisotopic (exact) mass is 317 g/mol. The number of fused-ring (bicyclic) bond motifs is 1. The van der Waals surface area contributed by atoms with E-state index >= 15 is 0 Å². The minimum Gasteiger partial charge on any atom is -0.345 e. The van der Waals surface area contributed by atoms with Gasteiger partial charge in [-0.2, -0.15) is 0 Å². The van der Waals surface area contributed by atoms with Crippen molar-refractivity contribution in [1.82, 2.24) is 19.4 Å². The molecule has 0 radical (unpaired) electrons. The third kappa shape index (κ3) is 2.44. The third-order valence-corrected chi connectivity index (χ3v) is 3.91. The minimum atomic E-state index is -0.201. The Kier molecular flexibility index (Phi) is 3.35. The molecular formula is C18H15N5O. The van der Waals surface area contributed by atoms with Crippen molar-refractivity contribution in [2.75, 3.05) is 5.32 Å². The Labute approximate surface area is 138 Å². The van der Waals surface area contributed by atoms with E-state index in [-0.39, 0.29) is 5.91 Å². The third-order valence-electron chi connectivity index (χ3n) is 3.91. The van der Waals surface area contributed by atoms with Crippen molar-refractivity contribution in [2.24, 2.45) is 0 Å². The number of imidazole rings is 2. The summed E-state index contributed by atoms with van der Waals surface area (Å²) >= 11 is 0. The molecule has 3 heterocycles. The van der Waals surface area contributed by atoms with Gasteiger partial charge in [0.15, 0.2) is 0 Å². The fourth-order valence-electron chi connectivity index (χ4n) is 2.61. The Morgan fingerprint density at radius 2 is 2.12 bits per heavy atom. The van der Waals surface area contributed by atoms with E-state index in [2.05, 4.69) is 20.3 Å². The summed E-state index contributed by atoms with van der Waals surface area (Å²) in [5.74, 6) is 0.564. The van der Waals surface area contributed by atoms with Crippen molar-refractivity contribution in [2.45, 2.75) is 6.92 Å². The molecule has 6 heteroatoms. The van der Waals surface area contributed by atoms with Gasteiger partial charge in [0.25, 0.3) is 5.91 Å². The Bertz CT molecular complexity index is 1020. The van der Waals surface area contributed by atoms with Crippen LogP contribution in [0.5, 0.6) is 0 Å². The average Bonchev–Trinajstić information content (AvgIpc) is 3.26. The summed E-state index contributed by atoms with van der Waals surface area (Å²) in [6.45, 7) is 1.95. The van der Waals surface area contributed by atoms with Crippen LogP contribution in [-0.4, -0.2) is 25.3 Å². The number of aromatic amines is 1. The number of pyridine rings is 1. The molecule has 4 aromatic rings. The summed E-state index contributed by atoms with van der Waals surface area (Å²) < 4.78 is 1.76. The smallest absolute Gasteiger partial charge is 0.274 e. The second kappa shape index (κ2) is 5.66. The lowest BCUT2D eigenvalue weighted by molar-refractivity contribution is 0.102. The van der Waals surface area contributed by atoms with E-state index in [9.17, 15) is 4.79 Å². The van der Waals surface area contributed by atoms with E-state index in [0.29, 0.717) is 5.69 Å². The van der Waals surface area contributed by atoms with Crippen molar-refractivity contribution in [1.29, 1.82) is 0 Å². The SMILES string of the molecule is Cc1ccc(-c2ncc[nH]2)cc1NC(=O)c1cnc2ccccn12. The molecule has 0 atom stereocenters. The molecule has 0 aliphatic heterocycles. The normalized spacial score (nSPS) is 10.9. The lowest BCUT2D eigenvalue weighted by Crippen LogP contribution is -2.15. The molecule has 0 saturated heterocycles. The summed E-state index contributed by atoms with van der Waals surface area (Å²) in [5, 5.41) is 2.97. The number of aromatic nitrogens is 4. The van der Waals surface area contributed by atoms with Gasteiger partial charge in [-0.1, -0.05) is 18.2 Å². The number of H-pyrrole nitrogens is 1. The number of carbonyl (C=O) groups is 1. The first-order valence-corrected chi connectivity index (χ1v) is 7.56. The molecule has 6 nitrogen and oxygen atoms in total. The number of hydrogen-bond acceptors (Lipinski definition) is 3. The van der Waals surface area contributed by atoms with Crippen molar-refractivity contribution in [3.8, 4) is 11.4 Å². The zero-order chi connectivity index (χ0) is 16.5. The largest absolute Gasteiger partial charge is 0.345 e. The van der Waals surface area contributed by atoms with Gasteiger partial charge < -0.3 is 10.3 Å². The van der Waals surface area contributed by atoms with Crippen LogP contribution < -0.4 is 5.32 Å². The topological polar surface area (TPSA) is 75.1 Å². The van der Waals surface area contributed by atoms with E-state index in [1.807, 2.05) is 49.5 Å². The summed E-state index contributed by atoms with van der Waals surface area (Å²) in [4.78, 5) is 24.2. The lowest BCUT2D eigenvalue weighted by atomic mass is 10.1. The first-order chi connectivity index (χ1) is 11.7. The van der Waals surface area contributed by atoms with E-state index in [4.69, 9.17) is 0 Å². The van der Waals surface area contributed by atoms with Crippen molar-refractivity contribution in [3.05, 3.63) is 72.4 Å². The number of nitrogens with one attached hydrogen (secondary N) is 2. The molecule has 0 unspecified atom stereocenters. The van der Waals surface area contributed by atoms with Crippen LogP contribution in [0.2, 0.25) is 0 Å². The Morgan fingerprint density at radius 3 is 2.96 bits per heavy atom. The van der Waals surface area contributed by atoms with Gasteiger partial charge in [-0.3, -0.25) is 9.20 Å². The van der Waals surface area contributed by atoms with Gasteiger partial charge in [0.1, 0.15) is 17.2 Å². The van der Waals surface area contributed by atoms with Gasteiger partial charge in [0.2, 0.25) is 0 Å². The Morgan fingerprint density at radius 1 is 1.21 bits per heavy atom. The van der Waals surface area contributed by atoms with Crippen molar-refractivity contribution >= 4 is 17.2 Å². The lowest BCUT2D eigenvalue weighted by Gasteiger charge is -2.10. The maximum absolute atomic E-state index is 12.6. The first kappa shape index (κ1) is 14.2. The van der Waals surface area contributed by atoms with E-state index in [1.54, 1.807) is 23.0 Å². The summed E-state index contributed by atoms with van der Waals surface area (Å²) in [7, 11) is 0. The van der Waals surface area contributed by atoms with Crippen LogP contribution in [0.25, 0.3) is 17.0 Å². The predicted molar refractivity (Wildman–Crippen MR) is 91.9 cm³/mol. The molecule has 118 valence electrons. The van der Waals surface area contributed by atoms with Crippen molar-refractivity contribution in [3.63, 3.8) is 0 Å². The van der Waals surface area contributed by atoms with Crippen LogP contribution >= 0.6 is 0 Å². The fourth-order valence-corrected chi connectivity index (χ4v) is 2.61. The van der Waals surface area contributed by atoms with Gasteiger partial charge in [-0.25, -0.2) is 9.97 Å². The van der Waals surface area contributed by atoms with Gasteiger partial charge in [0.05, 0.1) is 6.20 Å². The maximum atomic E-state index is 12.6. The number of anilines is 1. The zero-order valence-corrected chi connectivity index (χ0v) is 13.0. The second-order valence-corrected chi connectivity index (χ2v) is 5.49. The highest BCUT2D eigenvalue weighted by Crippen LogP contribution is 2.23. The molecule has 1 aromatic carbocycles. The Hall–Kier alpha value is -3.41. The number of nitrogens with zero attached hydrogens (tertiary/aromatic N) is 3. The number of aryl methyl sites for hydroxylation is 1. The van der Waals surface area contributed by atoms with Crippen LogP contribution in [0.3, 0.4) is 0 Å². The van der Waals surface area contributed by atoms with E-state index in [1.165, 1.54) is 0 Å². The van der Waals surface area contributed by atoms with Gasteiger partial charge in [0, 0.05) is 29.8 Å². The standard InChI is InChI=1S/C18H15N5O/c1-12-5-6-13(17-19-7-8-20-17)10-14(12)22-18(24)15-11-21-16-4-2-3-9-23(15)16/h2-11H,1H3,(H,19,20)(H,22,24). The average molecular weight is 317 g/mol. The van der Waals surface area contributed by atoms with Crippen LogP contribution in [-0.2, 0) is 0 Å². The summed E-state index contributed by atoms with van der Waals surface area (Å²) in [6.07, 6.45) is 6.87. The highest BCUT2D eigenvalue weighted by molar-refractivity contribution is 6.04. The van der Waals surface area contributed by atoms with Crippen LogP contribution in [0.15, 0.2) is 61.2 Å².